The van der Waals surface area contributed by atoms with Crippen LogP contribution in [0.15, 0.2) is 0 Å². The van der Waals surface area contributed by atoms with Crippen LogP contribution in [-0.4, -0.2) is 29.7 Å². The van der Waals surface area contributed by atoms with Crippen LogP contribution < -0.4 is 16.6 Å². The van der Waals surface area contributed by atoms with E-state index in [0.717, 1.165) is 17.2 Å². The fourth-order valence-corrected chi connectivity index (χ4v) is 1.83. The second-order valence-corrected chi connectivity index (χ2v) is 5.65. The van der Waals surface area contributed by atoms with E-state index in [1.165, 1.54) is 0 Å². The Balaban J connectivity index is 3.11. The normalized spacial score (nSPS) is 12.8. The average molecular weight is 281 g/mol. The number of methoxy groups -OCH3 is 1. The molecule has 20 heavy (non-hydrogen) atoms. The first kappa shape index (κ1) is 16.7. The summed E-state index contributed by atoms with van der Waals surface area (Å²) in [7, 11) is 1.70. The molecule has 0 aliphatic rings. The summed E-state index contributed by atoms with van der Waals surface area (Å²) in [5.41, 5.74) is 3.56. The molecule has 114 valence electrons. The van der Waals surface area contributed by atoms with Gasteiger partial charge in [-0.25, -0.2) is 15.8 Å². The topological polar surface area (TPSA) is 85.1 Å². The summed E-state index contributed by atoms with van der Waals surface area (Å²) in [6.45, 7) is 11.0. The van der Waals surface area contributed by atoms with Crippen molar-refractivity contribution in [1.29, 1.82) is 0 Å². The maximum absolute atomic E-state index is 5.55. The molecule has 0 bridgehead atoms. The third-order valence-electron chi connectivity index (χ3n) is 3.29. The Bertz CT molecular complexity index is 434. The van der Waals surface area contributed by atoms with Crippen molar-refractivity contribution in [3.05, 3.63) is 11.4 Å². The second kappa shape index (κ2) is 7.40. The number of nitrogens with zero attached hydrogens (tertiary/aromatic N) is 2. The predicted octanol–water partition coefficient (Wildman–Crippen LogP) is 2.28. The molecule has 1 heterocycles. The van der Waals surface area contributed by atoms with E-state index in [-0.39, 0.29) is 12.0 Å². The summed E-state index contributed by atoms with van der Waals surface area (Å²) in [5.74, 6) is 8.46. The summed E-state index contributed by atoms with van der Waals surface area (Å²) >= 11 is 0. The molecule has 0 aliphatic heterocycles. The van der Waals surface area contributed by atoms with Gasteiger partial charge in [0.1, 0.15) is 17.5 Å². The van der Waals surface area contributed by atoms with E-state index in [2.05, 4.69) is 48.4 Å². The van der Waals surface area contributed by atoms with Crippen molar-refractivity contribution < 1.29 is 4.74 Å². The van der Waals surface area contributed by atoms with Crippen LogP contribution in [0.5, 0.6) is 0 Å². The minimum atomic E-state index is 0.194. The van der Waals surface area contributed by atoms with Crippen LogP contribution in [0.2, 0.25) is 0 Å². The van der Waals surface area contributed by atoms with E-state index in [1.807, 2.05) is 6.92 Å². The lowest BCUT2D eigenvalue weighted by molar-refractivity contribution is 0.171. The molecule has 0 fully saturated rings. The number of nitrogen functional groups attached to an aromatic ring is 1. The SMILES string of the molecule is COCC(Nc1nc(C(C)C)nc(NN)c1C)C(C)C. The van der Waals surface area contributed by atoms with Crippen LogP contribution in [0.4, 0.5) is 11.6 Å². The van der Waals surface area contributed by atoms with E-state index in [0.29, 0.717) is 18.3 Å². The van der Waals surface area contributed by atoms with Crippen LogP contribution in [0.1, 0.15) is 45.0 Å². The molecule has 1 rings (SSSR count). The summed E-state index contributed by atoms with van der Waals surface area (Å²) in [4.78, 5) is 9.04. The molecule has 0 aromatic carbocycles. The second-order valence-electron chi connectivity index (χ2n) is 5.65. The minimum Gasteiger partial charge on any atom is -0.383 e. The van der Waals surface area contributed by atoms with Gasteiger partial charge in [-0.2, -0.15) is 0 Å². The highest BCUT2D eigenvalue weighted by atomic mass is 16.5. The Morgan fingerprint density at radius 2 is 1.75 bits per heavy atom. The van der Waals surface area contributed by atoms with E-state index in [1.54, 1.807) is 7.11 Å². The lowest BCUT2D eigenvalue weighted by atomic mass is 10.1. The third-order valence-corrected chi connectivity index (χ3v) is 3.29. The smallest absolute Gasteiger partial charge is 0.148 e. The number of hydrogen-bond donors (Lipinski definition) is 3. The number of rotatable bonds is 7. The first-order chi connectivity index (χ1) is 9.40. The third kappa shape index (κ3) is 4.05. The lowest BCUT2D eigenvalue weighted by Crippen LogP contribution is -2.31. The summed E-state index contributed by atoms with van der Waals surface area (Å²) in [5, 5.41) is 3.45. The molecule has 0 amide bonds. The highest BCUT2D eigenvalue weighted by molar-refractivity contribution is 5.57. The largest absolute Gasteiger partial charge is 0.383 e. The Labute approximate surface area is 121 Å². The zero-order chi connectivity index (χ0) is 15.3. The van der Waals surface area contributed by atoms with E-state index >= 15 is 0 Å². The Morgan fingerprint density at radius 3 is 2.20 bits per heavy atom. The van der Waals surface area contributed by atoms with Gasteiger partial charge in [0.15, 0.2) is 0 Å². The number of anilines is 2. The molecule has 0 saturated carbocycles. The zero-order valence-corrected chi connectivity index (χ0v) is 13.3. The number of nitrogens with one attached hydrogen (secondary N) is 2. The van der Waals surface area contributed by atoms with Crippen LogP contribution in [0, 0.1) is 12.8 Å². The maximum Gasteiger partial charge on any atom is 0.148 e. The molecule has 1 unspecified atom stereocenters. The van der Waals surface area contributed by atoms with Crippen molar-refractivity contribution in [3.8, 4) is 0 Å². The summed E-state index contributed by atoms with van der Waals surface area (Å²) < 4.78 is 5.27. The van der Waals surface area contributed by atoms with Crippen molar-refractivity contribution in [2.75, 3.05) is 24.5 Å². The quantitative estimate of drug-likeness (QED) is 0.525. The summed E-state index contributed by atoms with van der Waals surface area (Å²) in [6, 6.07) is 0.194. The van der Waals surface area contributed by atoms with Crippen molar-refractivity contribution in [2.24, 2.45) is 11.8 Å². The standard InChI is InChI=1S/C14H27N5O/c1-8(2)11(7-20-6)16-13-10(5)14(19-15)18-12(17-13)9(3)4/h8-9,11H,7,15H2,1-6H3,(H2,16,17,18,19). The molecule has 0 aliphatic carbocycles. The van der Waals surface area contributed by atoms with Gasteiger partial charge in [0.05, 0.1) is 12.6 Å². The number of hydrazine groups is 1. The molecule has 4 N–H and O–H groups in total. The van der Waals surface area contributed by atoms with E-state index in [9.17, 15) is 0 Å². The van der Waals surface area contributed by atoms with Gasteiger partial charge < -0.3 is 15.5 Å². The Morgan fingerprint density at radius 1 is 1.15 bits per heavy atom. The van der Waals surface area contributed by atoms with Gasteiger partial charge in [-0.05, 0) is 12.8 Å². The van der Waals surface area contributed by atoms with Gasteiger partial charge in [0.25, 0.3) is 0 Å². The van der Waals surface area contributed by atoms with Gasteiger partial charge in [-0.1, -0.05) is 27.7 Å². The Hall–Kier alpha value is -1.40. The molecular formula is C14H27N5O. The molecule has 0 radical (unpaired) electrons. The molecule has 1 aromatic heterocycles. The molecule has 0 spiro atoms. The van der Waals surface area contributed by atoms with Crippen LogP contribution in [-0.2, 0) is 4.74 Å². The first-order valence-electron chi connectivity index (χ1n) is 7.01. The number of aromatic nitrogens is 2. The van der Waals surface area contributed by atoms with Crippen molar-refractivity contribution in [2.45, 2.75) is 46.6 Å². The number of nitrogens with two attached hydrogens (primary N) is 1. The molecule has 1 aromatic rings. The monoisotopic (exact) mass is 281 g/mol. The van der Waals surface area contributed by atoms with E-state index < -0.39 is 0 Å². The van der Waals surface area contributed by atoms with Crippen LogP contribution in [0.25, 0.3) is 0 Å². The predicted molar refractivity (Wildman–Crippen MR) is 82.8 cm³/mol. The first-order valence-corrected chi connectivity index (χ1v) is 7.01. The molecule has 6 heteroatoms. The highest BCUT2D eigenvalue weighted by Crippen LogP contribution is 2.24. The lowest BCUT2D eigenvalue weighted by Gasteiger charge is -2.24. The highest BCUT2D eigenvalue weighted by Gasteiger charge is 2.18. The summed E-state index contributed by atoms with van der Waals surface area (Å²) in [6.07, 6.45) is 0. The van der Waals surface area contributed by atoms with Crippen molar-refractivity contribution in [3.63, 3.8) is 0 Å². The molecule has 1 atom stereocenters. The van der Waals surface area contributed by atoms with Gasteiger partial charge in [-0.15, -0.1) is 0 Å². The zero-order valence-electron chi connectivity index (χ0n) is 13.3. The molecular weight excluding hydrogens is 254 g/mol. The average Bonchev–Trinajstić information content (AvgIpc) is 2.39. The van der Waals surface area contributed by atoms with Gasteiger partial charge in [-0.3, -0.25) is 0 Å². The van der Waals surface area contributed by atoms with Crippen LogP contribution >= 0.6 is 0 Å². The number of ether oxygens (including phenoxy) is 1. The fraction of sp³-hybridized carbons (Fsp3) is 0.714. The van der Waals surface area contributed by atoms with E-state index in [4.69, 9.17) is 10.6 Å². The van der Waals surface area contributed by atoms with Gasteiger partial charge in [0, 0.05) is 18.6 Å². The fourth-order valence-electron chi connectivity index (χ4n) is 1.83. The maximum atomic E-state index is 5.55. The molecule has 0 saturated heterocycles. The van der Waals surface area contributed by atoms with Gasteiger partial charge >= 0.3 is 0 Å². The Kier molecular flexibility index (Phi) is 6.16. The minimum absolute atomic E-state index is 0.194. The van der Waals surface area contributed by atoms with Crippen molar-refractivity contribution >= 4 is 11.6 Å². The van der Waals surface area contributed by atoms with Crippen LogP contribution in [0.3, 0.4) is 0 Å². The van der Waals surface area contributed by atoms with Gasteiger partial charge in [0.2, 0.25) is 0 Å². The molecule has 6 nitrogen and oxygen atoms in total. The number of hydrogen-bond acceptors (Lipinski definition) is 6. The van der Waals surface area contributed by atoms with Crippen molar-refractivity contribution in [1.82, 2.24) is 9.97 Å².